The zero-order valence-electron chi connectivity index (χ0n) is 15.4. The van der Waals surface area contributed by atoms with Crippen molar-refractivity contribution in [1.82, 2.24) is 14.2 Å². The molecule has 3 heterocycles. The average Bonchev–Trinajstić information content (AvgIpc) is 2.85. The fraction of sp³-hybridized carbons (Fsp3) is 0.400. The summed E-state index contributed by atoms with van der Waals surface area (Å²) in [7, 11) is -3.81. The van der Waals surface area contributed by atoms with Crippen molar-refractivity contribution in [2.75, 3.05) is 13.1 Å². The molecular weight excluding hydrogens is 381 g/mol. The number of sulfonamides is 1. The Balaban J connectivity index is 1.27. The molecule has 1 spiro atoms. The van der Waals surface area contributed by atoms with Gasteiger partial charge < -0.3 is 4.90 Å². The van der Waals surface area contributed by atoms with Crippen LogP contribution < -0.4 is 0 Å². The molecule has 2 aliphatic heterocycles. The Morgan fingerprint density at radius 3 is 2.57 bits per heavy atom. The maximum atomic E-state index is 13.9. The van der Waals surface area contributed by atoms with Crippen molar-refractivity contribution in [3.63, 3.8) is 0 Å². The van der Waals surface area contributed by atoms with E-state index in [1.807, 2.05) is 17.9 Å². The molecule has 1 aromatic carbocycles. The van der Waals surface area contributed by atoms with Crippen molar-refractivity contribution in [2.24, 2.45) is 5.41 Å². The number of benzene rings is 1. The quantitative estimate of drug-likeness (QED) is 0.793. The molecule has 1 saturated carbocycles. The summed E-state index contributed by atoms with van der Waals surface area (Å²) in [5, 5.41) is 0. The molecule has 1 amide bonds. The first kappa shape index (κ1) is 17.8. The standard InChI is InChI=1S/C20H20FN3O3S/c1-13-15-6-7-22-10-16(15)19(25)24(13)14-8-20(9-14)11-23(12-20)28(26,27)18-5-3-2-4-17(18)21/h2-7,10,13-14H,8-9,11-12H2,1H3. The van der Waals surface area contributed by atoms with Gasteiger partial charge in [0.2, 0.25) is 10.0 Å². The maximum absolute atomic E-state index is 13.9. The number of aromatic nitrogens is 1. The summed E-state index contributed by atoms with van der Waals surface area (Å²) in [5.74, 6) is -0.719. The van der Waals surface area contributed by atoms with Gasteiger partial charge in [0.05, 0.1) is 11.6 Å². The average molecular weight is 401 g/mol. The lowest BCUT2D eigenvalue weighted by atomic mass is 9.61. The second-order valence-corrected chi connectivity index (χ2v) is 10.0. The van der Waals surface area contributed by atoms with Gasteiger partial charge in [0, 0.05) is 36.9 Å². The molecule has 1 saturated heterocycles. The highest BCUT2D eigenvalue weighted by atomic mass is 32.2. The third-order valence-corrected chi connectivity index (χ3v) is 8.22. The molecule has 2 aromatic rings. The van der Waals surface area contributed by atoms with Gasteiger partial charge in [-0.2, -0.15) is 4.31 Å². The molecule has 8 heteroatoms. The number of amides is 1. The van der Waals surface area contributed by atoms with Crippen LogP contribution in [0.3, 0.4) is 0 Å². The Hall–Kier alpha value is -2.32. The number of hydrogen-bond donors (Lipinski definition) is 0. The molecule has 1 atom stereocenters. The van der Waals surface area contributed by atoms with Crippen LogP contribution in [0.25, 0.3) is 0 Å². The fourth-order valence-electron chi connectivity index (χ4n) is 4.95. The predicted molar refractivity (Wildman–Crippen MR) is 99.4 cm³/mol. The molecule has 6 nitrogen and oxygen atoms in total. The zero-order valence-corrected chi connectivity index (χ0v) is 16.2. The van der Waals surface area contributed by atoms with Crippen LogP contribution in [0.1, 0.15) is 41.7 Å². The molecule has 0 bridgehead atoms. The lowest BCUT2D eigenvalue weighted by Gasteiger charge is -2.60. The summed E-state index contributed by atoms with van der Waals surface area (Å²) in [6, 6.07) is 7.46. The highest BCUT2D eigenvalue weighted by molar-refractivity contribution is 7.89. The van der Waals surface area contributed by atoms with E-state index in [0.29, 0.717) is 18.7 Å². The molecule has 5 rings (SSSR count). The van der Waals surface area contributed by atoms with Crippen molar-refractivity contribution in [3.8, 4) is 0 Å². The van der Waals surface area contributed by atoms with Gasteiger partial charge in [-0.15, -0.1) is 0 Å². The summed E-state index contributed by atoms with van der Waals surface area (Å²) in [6.45, 7) is 2.78. The third kappa shape index (κ3) is 2.37. The normalized spacial score (nSPS) is 24.1. The maximum Gasteiger partial charge on any atom is 0.256 e. The van der Waals surface area contributed by atoms with Crippen LogP contribution in [-0.2, 0) is 10.0 Å². The first-order valence-electron chi connectivity index (χ1n) is 9.34. The number of nitrogens with zero attached hydrogens (tertiary/aromatic N) is 3. The highest BCUT2D eigenvalue weighted by Gasteiger charge is 2.58. The van der Waals surface area contributed by atoms with Crippen molar-refractivity contribution in [3.05, 3.63) is 59.7 Å². The minimum Gasteiger partial charge on any atom is -0.329 e. The molecular formula is C20H20FN3O3S. The van der Waals surface area contributed by atoms with E-state index in [0.717, 1.165) is 24.5 Å². The first-order chi connectivity index (χ1) is 13.3. The van der Waals surface area contributed by atoms with Crippen molar-refractivity contribution < 1.29 is 17.6 Å². The largest absolute Gasteiger partial charge is 0.329 e. The lowest BCUT2D eigenvalue weighted by molar-refractivity contribution is -0.0721. The van der Waals surface area contributed by atoms with Crippen LogP contribution in [0.15, 0.2) is 47.6 Å². The van der Waals surface area contributed by atoms with E-state index in [2.05, 4.69) is 4.98 Å². The lowest BCUT2D eigenvalue weighted by Crippen LogP contribution is -2.67. The van der Waals surface area contributed by atoms with Crippen molar-refractivity contribution >= 4 is 15.9 Å². The summed E-state index contributed by atoms with van der Waals surface area (Å²) in [5.41, 5.74) is 1.56. The molecule has 2 fully saturated rings. The first-order valence-corrected chi connectivity index (χ1v) is 10.8. The zero-order chi connectivity index (χ0) is 19.7. The van der Waals surface area contributed by atoms with Gasteiger partial charge in [0.1, 0.15) is 10.7 Å². The SMILES string of the molecule is CC1c2ccncc2C(=O)N1C1CC2(C1)CN(S(=O)(=O)c1ccccc1F)C2. The van der Waals surface area contributed by atoms with Crippen LogP contribution in [0.5, 0.6) is 0 Å². The van der Waals surface area contributed by atoms with E-state index < -0.39 is 15.8 Å². The minimum atomic E-state index is -3.81. The molecule has 1 unspecified atom stereocenters. The number of rotatable bonds is 3. The summed E-state index contributed by atoms with van der Waals surface area (Å²) >= 11 is 0. The van der Waals surface area contributed by atoms with Crippen molar-refractivity contribution in [2.45, 2.75) is 36.7 Å². The van der Waals surface area contributed by atoms with Gasteiger partial charge in [0.15, 0.2) is 0 Å². The van der Waals surface area contributed by atoms with Gasteiger partial charge in [-0.3, -0.25) is 9.78 Å². The summed E-state index contributed by atoms with van der Waals surface area (Å²) in [6.07, 6.45) is 4.86. The highest BCUT2D eigenvalue weighted by Crippen LogP contribution is 2.54. The Labute approximate surface area is 163 Å². The molecule has 0 radical (unpaired) electrons. The van der Waals surface area contributed by atoms with E-state index >= 15 is 0 Å². The van der Waals surface area contributed by atoms with Crippen LogP contribution in [0.4, 0.5) is 4.39 Å². The molecule has 0 N–H and O–H groups in total. The Morgan fingerprint density at radius 2 is 1.89 bits per heavy atom. The van der Waals surface area contributed by atoms with Gasteiger partial charge in [-0.25, -0.2) is 12.8 Å². The van der Waals surface area contributed by atoms with E-state index in [4.69, 9.17) is 0 Å². The van der Waals surface area contributed by atoms with Crippen LogP contribution in [0.2, 0.25) is 0 Å². The number of pyridine rings is 1. The van der Waals surface area contributed by atoms with Crippen LogP contribution in [-0.4, -0.2) is 47.6 Å². The van der Waals surface area contributed by atoms with Gasteiger partial charge in [-0.1, -0.05) is 12.1 Å². The minimum absolute atomic E-state index is 0.00519. The van der Waals surface area contributed by atoms with E-state index in [1.54, 1.807) is 12.4 Å². The molecule has 28 heavy (non-hydrogen) atoms. The summed E-state index contributed by atoms with van der Waals surface area (Å²) in [4.78, 5) is 18.4. The second-order valence-electron chi connectivity index (χ2n) is 8.12. The number of carbonyl (C=O) groups is 1. The molecule has 1 aromatic heterocycles. The smallest absolute Gasteiger partial charge is 0.256 e. The number of fused-ring (bicyclic) bond motifs is 1. The van der Waals surface area contributed by atoms with Gasteiger partial charge in [0.25, 0.3) is 5.91 Å². The van der Waals surface area contributed by atoms with Crippen LogP contribution >= 0.6 is 0 Å². The third-order valence-electron chi connectivity index (χ3n) is 6.40. The molecule has 1 aliphatic carbocycles. The Kier molecular flexibility index (Phi) is 3.70. The Morgan fingerprint density at radius 1 is 1.18 bits per heavy atom. The Bertz CT molecular complexity index is 1070. The number of carbonyl (C=O) groups excluding carboxylic acids is 1. The molecule has 146 valence electrons. The number of hydrogen-bond acceptors (Lipinski definition) is 4. The van der Waals surface area contributed by atoms with E-state index in [9.17, 15) is 17.6 Å². The van der Waals surface area contributed by atoms with E-state index in [1.165, 1.54) is 22.5 Å². The molecule has 3 aliphatic rings. The van der Waals surface area contributed by atoms with Crippen LogP contribution in [0, 0.1) is 11.2 Å². The van der Waals surface area contributed by atoms with Gasteiger partial charge >= 0.3 is 0 Å². The summed E-state index contributed by atoms with van der Waals surface area (Å²) < 4.78 is 40.6. The number of halogens is 1. The van der Waals surface area contributed by atoms with Crippen molar-refractivity contribution in [1.29, 1.82) is 0 Å². The fourth-order valence-corrected chi connectivity index (χ4v) is 6.69. The van der Waals surface area contributed by atoms with Gasteiger partial charge in [-0.05, 0) is 43.5 Å². The second kappa shape index (κ2) is 5.84. The van der Waals surface area contributed by atoms with E-state index in [-0.39, 0.29) is 28.3 Å². The monoisotopic (exact) mass is 401 g/mol. The predicted octanol–water partition coefficient (Wildman–Crippen LogP) is 2.59. The topological polar surface area (TPSA) is 70.6 Å².